The number of aromatic nitrogens is 1. The van der Waals surface area contributed by atoms with Crippen LogP contribution >= 0.6 is 27.5 Å². The maximum atomic E-state index is 6.04. The Morgan fingerprint density at radius 3 is 2.81 bits per heavy atom. The fourth-order valence-electron chi connectivity index (χ4n) is 2.65. The van der Waals surface area contributed by atoms with Gasteiger partial charge in [0.2, 0.25) is 0 Å². The van der Waals surface area contributed by atoms with E-state index in [4.69, 9.17) is 26.8 Å². The topological polar surface area (TPSA) is 69.7 Å². The second-order valence-electron chi connectivity index (χ2n) is 4.82. The zero-order valence-corrected chi connectivity index (χ0v) is 13.0. The van der Waals surface area contributed by atoms with Crippen molar-refractivity contribution in [3.8, 4) is 11.5 Å². The average Bonchev–Trinajstić information content (AvgIpc) is 2.84. The first-order valence-corrected chi connectivity index (χ1v) is 7.39. The van der Waals surface area contributed by atoms with Gasteiger partial charge in [0.1, 0.15) is 23.2 Å². The zero-order valence-electron chi connectivity index (χ0n) is 10.6. The van der Waals surface area contributed by atoms with Crippen LogP contribution in [0.2, 0.25) is 5.15 Å². The molecule has 0 fully saturated rings. The van der Waals surface area contributed by atoms with Crippen LogP contribution in [0, 0.1) is 0 Å². The van der Waals surface area contributed by atoms with Gasteiger partial charge in [-0.15, -0.1) is 0 Å². The largest absolute Gasteiger partial charge is 0.462 e. The number of nitrogens with two attached hydrogens (primary N) is 1. The van der Waals surface area contributed by atoms with Crippen molar-refractivity contribution in [1.29, 1.82) is 0 Å². The molecule has 2 N–H and O–H groups in total. The molecule has 1 spiro atoms. The molecule has 0 unspecified atom stereocenters. The normalized spacial score (nSPS) is 22.1. The molecule has 1 atom stereocenters. The predicted octanol–water partition coefficient (Wildman–Crippen LogP) is 3.19. The molecule has 3 heterocycles. The van der Waals surface area contributed by atoms with E-state index in [1.165, 1.54) is 0 Å². The highest BCUT2D eigenvalue weighted by Crippen LogP contribution is 2.50. The van der Waals surface area contributed by atoms with Gasteiger partial charge in [-0.05, 0) is 30.3 Å². The Morgan fingerprint density at radius 2 is 2.05 bits per heavy atom. The molecule has 0 saturated carbocycles. The minimum Gasteiger partial charge on any atom is -0.462 e. The zero-order chi connectivity index (χ0) is 14.6. The SMILES string of the molecule is NC1=N[C@]2(CO1)c1cc(Br)ccc1Oc1ccc(Cl)nc12. The molecular weight excluding hydrogens is 358 g/mol. The number of fused-ring (bicyclic) bond motifs is 4. The van der Waals surface area contributed by atoms with Crippen molar-refractivity contribution in [2.24, 2.45) is 10.7 Å². The summed E-state index contributed by atoms with van der Waals surface area (Å²) in [4.78, 5) is 8.89. The van der Waals surface area contributed by atoms with Gasteiger partial charge in [-0.2, -0.15) is 0 Å². The number of benzene rings is 1. The van der Waals surface area contributed by atoms with Crippen LogP contribution < -0.4 is 10.5 Å². The van der Waals surface area contributed by atoms with Crippen LogP contribution in [0.15, 0.2) is 39.8 Å². The van der Waals surface area contributed by atoms with E-state index in [1.807, 2.05) is 18.2 Å². The van der Waals surface area contributed by atoms with E-state index < -0.39 is 5.54 Å². The van der Waals surface area contributed by atoms with Crippen molar-refractivity contribution in [3.05, 3.63) is 51.2 Å². The van der Waals surface area contributed by atoms with Crippen molar-refractivity contribution in [2.45, 2.75) is 5.54 Å². The maximum Gasteiger partial charge on any atom is 0.283 e. The second kappa shape index (κ2) is 4.35. The molecule has 7 heteroatoms. The van der Waals surface area contributed by atoms with Crippen LogP contribution in [0.25, 0.3) is 0 Å². The summed E-state index contributed by atoms with van der Waals surface area (Å²) in [5.41, 5.74) is 6.39. The van der Waals surface area contributed by atoms with E-state index in [0.29, 0.717) is 22.3 Å². The number of rotatable bonds is 0. The second-order valence-corrected chi connectivity index (χ2v) is 6.13. The van der Waals surface area contributed by atoms with Gasteiger partial charge in [-0.1, -0.05) is 27.5 Å². The van der Waals surface area contributed by atoms with Crippen molar-refractivity contribution in [3.63, 3.8) is 0 Å². The van der Waals surface area contributed by atoms with Gasteiger partial charge in [-0.25, -0.2) is 9.98 Å². The summed E-state index contributed by atoms with van der Waals surface area (Å²) in [5, 5.41) is 0.371. The Hall–Kier alpha value is -1.79. The fourth-order valence-corrected chi connectivity index (χ4v) is 3.16. The number of amidine groups is 1. The molecule has 4 rings (SSSR count). The molecule has 21 heavy (non-hydrogen) atoms. The molecule has 5 nitrogen and oxygen atoms in total. The summed E-state index contributed by atoms with van der Waals surface area (Å²) < 4.78 is 12.2. The highest BCUT2D eigenvalue weighted by Gasteiger charge is 2.48. The molecule has 106 valence electrons. The number of hydrogen-bond acceptors (Lipinski definition) is 5. The first-order chi connectivity index (χ1) is 10.1. The quantitative estimate of drug-likeness (QED) is 0.727. The summed E-state index contributed by atoms with van der Waals surface area (Å²) in [6.45, 7) is 0.270. The van der Waals surface area contributed by atoms with Gasteiger partial charge in [0.05, 0.1) is 0 Å². The summed E-state index contributed by atoms with van der Waals surface area (Å²) in [6, 6.07) is 9.32. The Morgan fingerprint density at radius 1 is 1.24 bits per heavy atom. The van der Waals surface area contributed by atoms with Crippen LogP contribution in [-0.2, 0) is 10.3 Å². The first-order valence-electron chi connectivity index (χ1n) is 6.21. The van der Waals surface area contributed by atoms with Crippen LogP contribution in [-0.4, -0.2) is 17.6 Å². The van der Waals surface area contributed by atoms with Gasteiger partial charge in [0.25, 0.3) is 6.02 Å². The van der Waals surface area contributed by atoms with E-state index >= 15 is 0 Å². The third-order valence-electron chi connectivity index (χ3n) is 3.55. The first kappa shape index (κ1) is 12.9. The lowest BCUT2D eigenvalue weighted by Gasteiger charge is -2.32. The lowest BCUT2D eigenvalue weighted by molar-refractivity contribution is 0.260. The van der Waals surface area contributed by atoms with Gasteiger partial charge in [0, 0.05) is 10.0 Å². The van der Waals surface area contributed by atoms with E-state index in [9.17, 15) is 0 Å². The number of halogens is 2. The Labute approximate surface area is 133 Å². The molecule has 2 aromatic rings. The molecule has 1 aromatic heterocycles. The number of hydrogen-bond donors (Lipinski definition) is 1. The van der Waals surface area contributed by atoms with Crippen LogP contribution in [0.3, 0.4) is 0 Å². The van der Waals surface area contributed by atoms with Gasteiger partial charge in [0.15, 0.2) is 11.3 Å². The van der Waals surface area contributed by atoms with Crippen LogP contribution in [0.4, 0.5) is 0 Å². The number of aliphatic imine (C=N–C) groups is 1. The molecule has 2 aliphatic heterocycles. The molecule has 0 amide bonds. The van der Waals surface area contributed by atoms with Crippen molar-refractivity contribution in [2.75, 3.05) is 6.61 Å². The van der Waals surface area contributed by atoms with E-state index in [0.717, 1.165) is 10.0 Å². The molecule has 2 aliphatic rings. The molecule has 0 bridgehead atoms. The molecule has 0 radical (unpaired) electrons. The third kappa shape index (κ3) is 1.82. The molecular formula is C14H9BrClN3O2. The van der Waals surface area contributed by atoms with Crippen LogP contribution in [0.5, 0.6) is 11.5 Å². The Kier molecular flexibility index (Phi) is 2.68. The molecule has 0 aliphatic carbocycles. The van der Waals surface area contributed by atoms with E-state index in [1.54, 1.807) is 12.1 Å². The Balaban J connectivity index is 2.05. The van der Waals surface area contributed by atoms with Gasteiger partial charge < -0.3 is 15.2 Å². The van der Waals surface area contributed by atoms with E-state index in [-0.39, 0.29) is 12.6 Å². The van der Waals surface area contributed by atoms with E-state index in [2.05, 4.69) is 25.9 Å². The summed E-state index contributed by atoms with van der Waals surface area (Å²) in [6.07, 6.45) is 0. The number of pyridine rings is 1. The highest BCUT2D eigenvalue weighted by molar-refractivity contribution is 9.10. The van der Waals surface area contributed by atoms with Gasteiger partial charge in [-0.3, -0.25) is 0 Å². The lowest BCUT2D eigenvalue weighted by atomic mass is 9.85. The summed E-state index contributed by atoms with van der Waals surface area (Å²) in [7, 11) is 0. The average molecular weight is 367 g/mol. The minimum atomic E-state index is -0.818. The smallest absolute Gasteiger partial charge is 0.283 e. The lowest BCUT2D eigenvalue weighted by Crippen LogP contribution is -2.32. The van der Waals surface area contributed by atoms with Crippen LogP contribution in [0.1, 0.15) is 11.3 Å². The highest BCUT2D eigenvalue weighted by atomic mass is 79.9. The predicted molar refractivity (Wildman–Crippen MR) is 81.8 cm³/mol. The number of ether oxygens (including phenoxy) is 2. The van der Waals surface area contributed by atoms with Gasteiger partial charge >= 0.3 is 0 Å². The fraction of sp³-hybridized carbons (Fsp3) is 0.143. The van der Waals surface area contributed by atoms with Crippen molar-refractivity contribution >= 4 is 33.6 Å². The monoisotopic (exact) mass is 365 g/mol. The maximum absolute atomic E-state index is 6.04. The molecule has 0 saturated heterocycles. The molecule has 1 aromatic carbocycles. The summed E-state index contributed by atoms with van der Waals surface area (Å²) >= 11 is 9.50. The number of nitrogens with zero attached hydrogens (tertiary/aromatic N) is 2. The minimum absolute atomic E-state index is 0.135. The standard InChI is InChI=1S/C14H9BrClN3O2/c15-7-1-2-9-8(5-7)14(6-20-13(17)19-14)12-10(21-9)3-4-11(16)18-12/h1-5H,6H2,(H2,17,19)/t14-/m1/s1. The third-order valence-corrected chi connectivity index (χ3v) is 4.26. The van der Waals surface area contributed by atoms with Crippen molar-refractivity contribution in [1.82, 2.24) is 4.98 Å². The summed E-state index contributed by atoms with van der Waals surface area (Å²) in [5.74, 6) is 1.31. The van der Waals surface area contributed by atoms with Crippen molar-refractivity contribution < 1.29 is 9.47 Å². The Bertz CT molecular complexity index is 742.